The Morgan fingerprint density at radius 1 is 1.20 bits per heavy atom. The molecule has 2 aromatic rings. The molecule has 2 atom stereocenters. The van der Waals surface area contributed by atoms with Gasteiger partial charge in [0.1, 0.15) is 0 Å². The highest BCUT2D eigenvalue weighted by Gasteiger charge is 2.45. The summed E-state index contributed by atoms with van der Waals surface area (Å²) in [6, 6.07) is 8.57. The smallest absolute Gasteiger partial charge is 0.226 e. The molecule has 3 rings (SSSR count). The van der Waals surface area contributed by atoms with Gasteiger partial charge >= 0.3 is 0 Å². The van der Waals surface area contributed by atoms with Gasteiger partial charge in [0.25, 0.3) is 0 Å². The minimum Gasteiger partial charge on any atom is -0.340 e. The summed E-state index contributed by atoms with van der Waals surface area (Å²) < 4.78 is 0. The molecule has 0 radical (unpaired) electrons. The second-order valence-corrected chi connectivity index (χ2v) is 8.30. The zero-order chi connectivity index (χ0) is 14.3. The molecule has 1 fully saturated rings. The molecule has 106 valence electrons. The average molecular weight is 305 g/mol. The molecule has 0 aliphatic heterocycles. The second-order valence-electron chi connectivity index (χ2n) is 5.60. The van der Waals surface area contributed by atoms with E-state index in [1.54, 1.807) is 11.3 Å². The Morgan fingerprint density at radius 2 is 1.90 bits per heavy atom. The molecule has 2 unspecified atom stereocenters. The lowest BCUT2D eigenvalue weighted by Gasteiger charge is -2.16. The van der Waals surface area contributed by atoms with Crippen molar-refractivity contribution in [2.45, 2.75) is 32.7 Å². The van der Waals surface area contributed by atoms with Crippen molar-refractivity contribution in [1.82, 2.24) is 4.90 Å². The highest BCUT2D eigenvalue weighted by Crippen LogP contribution is 2.50. The van der Waals surface area contributed by atoms with Gasteiger partial charge in [0.2, 0.25) is 5.91 Å². The van der Waals surface area contributed by atoms with Crippen LogP contribution in [0.4, 0.5) is 0 Å². The Morgan fingerprint density at radius 3 is 2.50 bits per heavy atom. The summed E-state index contributed by atoms with van der Waals surface area (Å²) in [6.45, 7) is 4.97. The van der Waals surface area contributed by atoms with Crippen molar-refractivity contribution in [2.24, 2.45) is 5.92 Å². The first-order valence-corrected chi connectivity index (χ1v) is 8.54. The third-order valence-corrected chi connectivity index (χ3v) is 5.92. The lowest BCUT2D eigenvalue weighted by atomic mass is 10.2. The summed E-state index contributed by atoms with van der Waals surface area (Å²) in [6.07, 6.45) is 1.02. The number of carbonyl (C=O) groups is 1. The first kappa shape index (κ1) is 13.8. The minimum atomic E-state index is 0.208. The van der Waals surface area contributed by atoms with Crippen molar-refractivity contribution in [3.8, 4) is 0 Å². The van der Waals surface area contributed by atoms with E-state index >= 15 is 0 Å². The molecule has 0 saturated heterocycles. The number of amides is 1. The topological polar surface area (TPSA) is 20.3 Å². The van der Waals surface area contributed by atoms with Crippen molar-refractivity contribution in [2.75, 3.05) is 7.05 Å². The summed E-state index contributed by atoms with van der Waals surface area (Å²) in [4.78, 5) is 19.6. The van der Waals surface area contributed by atoms with Gasteiger partial charge in [-0.3, -0.25) is 4.79 Å². The molecule has 0 spiro atoms. The molecule has 0 aromatic carbocycles. The molecule has 4 heteroatoms. The Bertz CT molecular complexity index is 624. The van der Waals surface area contributed by atoms with E-state index in [1.807, 2.05) is 23.3 Å². The van der Waals surface area contributed by atoms with Gasteiger partial charge in [-0.05, 0) is 44.5 Å². The fourth-order valence-electron chi connectivity index (χ4n) is 2.60. The van der Waals surface area contributed by atoms with Gasteiger partial charge in [0.05, 0.1) is 6.54 Å². The Hall–Kier alpha value is -1.13. The van der Waals surface area contributed by atoms with Gasteiger partial charge in [-0.25, -0.2) is 0 Å². The van der Waals surface area contributed by atoms with Gasteiger partial charge in [-0.2, -0.15) is 0 Å². The third kappa shape index (κ3) is 2.81. The molecule has 2 aromatic heterocycles. The molecule has 2 nitrogen and oxygen atoms in total. The van der Waals surface area contributed by atoms with E-state index in [2.05, 4.69) is 38.1 Å². The van der Waals surface area contributed by atoms with Crippen LogP contribution >= 0.6 is 22.7 Å². The van der Waals surface area contributed by atoms with Crippen LogP contribution in [0.5, 0.6) is 0 Å². The maximum atomic E-state index is 12.4. The highest BCUT2D eigenvalue weighted by atomic mass is 32.1. The first-order valence-electron chi connectivity index (χ1n) is 6.91. The molecular formula is C16H19NOS2. The van der Waals surface area contributed by atoms with Crippen LogP contribution in [0.25, 0.3) is 0 Å². The Balaban J connectivity index is 1.60. The van der Waals surface area contributed by atoms with Crippen LogP contribution in [-0.2, 0) is 11.3 Å². The zero-order valence-corrected chi connectivity index (χ0v) is 13.7. The predicted molar refractivity (Wildman–Crippen MR) is 85.4 cm³/mol. The summed E-state index contributed by atoms with van der Waals surface area (Å²) in [7, 11) is 1.92. The number of rotatable bonds is 4. The number of thiophene rings is 2. The van der Waals surface area contributed by atoms with Crippen molar-refractivity contribution >= 4 is 28.6 Å². The maximum absolute atomic E-state index is 12.4. The van der Waals surface area contributed by atoms with Crippen LogP contribution < -0.4 is 0 Å². The van der Waals surface area contributed by atoms with Crippen LogP contribution in [0.3, 0.4) is 0 Å². The fourth-order valence-corrected chi connectivity index (χ4v) is 4.60. The minimum absolute atomic E-state index is 0.208. The molecule has 0 N–H and O–H groups in total. The van der Waals surface area contributed by atoms with Crippen molar-refractivity contribution in [3.05, 3.63) is 43.8 Å². The van der Waals surface area contributed by atoms with Crippen LogP contribution in [0, 0.1) is 19.8 Å². The lowest BCUT2D eigenvalue weighted by Crippen LogP contribution is -2.27. The van der Waals surface area contributed by atoms with Crippen LogP contribution in [0.1, 0.15) is 31.8 Å². The van der Waals surface area contributed by atoms with Crippen LogP contribution in [-0.4, -0.2) is 17.9 Å². The van der Waals surface area contributed by atoms with Crippen molar-refractivity contribution < 1.29 is 4.79 Å². The number of nitrogens with zero attached hydrogens (tertiary/aromatic N) is 1. The highest BCUT2D eigenvalue weighted by molar-refractivity contribution is 7.12. The largest absolute Gasteiger partial charge is 0.340 e. The molecule has 1 aliphatic rings. The van der Waals surface area contributed by atoms with Crippen molar-refractivity contribution in [3.63, 3.8) is 0 Å². The van der Waals surface area contributed by atoms with E-state index in [-0.39, 0.29) is 5.92 Å². The normalized spacial score (nSPS) is 20.9. The average Bonchev–Trinajstić information content (AvgIpc) is 2.93. The van der Waals surface area contributed by atoms with E-state index < -0.39 is 0 Å². The number of carbonyl (C=O) groups excluding carboxylic acids is 1. The number of hydrogen-bond acceptors (Lipinski definition) is 3. The molecule has 20 heavy (non-hydrogen) atoms. The number of hydrogen-bond donors (Lipinski definition) is 0. The standard InChI is InChI=1S/C16H19NOS2/c1-10-4-6-12(19-10)9-17(3)16(18)14-8-13(14)15-7-5-11(2)20-15/h4-7,13-14H,8-9H2,1-3H3. The fraction of sp³-hybridized carbons (Fsp3) is 0.438. The van der Waals surface area contributed by atoms with Gasteiger partial charge < -0.3 is 4.90 Å². The first-order chi connectivity index (χ1) is 9.54. The molecular weight excluding hydrogens is 286 g/mol. The summed E-state index contributed by atoms with van der Waals surface area (Å²) in [5.41, 5.74) is 0. The van der Waals surface area contributed by atoms with Gasteiger partial charge in [0, 0.05) is 38.4 Å². The second kappa shape index (κ2) is 5.34. The van der Waals surface area contributed by atoms with E-state index in [1.165, 1.54) is 19.5 Å². The molecule has 1 amide bonds. The summed E-state index contributed by atoms with van der Waals surface area (Å²) in [5, 5.41) is 0. The molecule has 0 bridgehead atoms. The van der Waals surface area contributed by atoms with E-state index in [0.717, 1.165) is 13.0 Å². The molecule has 2 heterocycles. The van der Waals surface area contributed by atoms with Crippen molar-refractivity contribution in [1.29, 1.82) is 0 Å². The quantitative estimate of drug-likeness (QED) is 0.829. The number of aryl methyl sites for hydroxylation is 2. The van der Waals surface area contributed by atoms with Crippen LogP contribution in [0.2, 0.25) is 0 Å². The Labute approximate surface area is 128 Å². The van der Waals surface area contributed by atoms with Gasteiger partial charge in [0.15, 0.2) is 0 Å². The molecule has 1 saturated carbocycles. The monoisotopic (exact) mass is 305 g/mol. The molecule has 1 aliphatic carbocycles. The van der Waals surface area contributed by atoms with Gasteiger partial charge in [-0.15, -0.1) is 22.7 Å². The maximum Gasteiger partial charge on any atom is 0.226 e. The zero-order valence-electron chi connectivity index (χ0n) is 12.1. The lowest BCUT2D eigenvalue weighted by molar-refractivity contribution is -0.131. The van der Waals surface area contributed by atoms with E-state index in [0.29, 0.717) is 11.8 Å². The van der Waals surface area contributed by atoms with Crippen LogP contribution in [0.15, 0.2) is 24.3 Å². The third-order valence-electron chi connectivity index (χ3n) is 3.80. The summed E-state index contributed by atoms with van der Waals surface area (Å²) >= 11 is 3.60. The van der Waals surface area contributed by atoms with E-state index in [4.69, 9.17) is 0 Å². The van der Waals surface area contributed by atoms with E-state index in [9.17, 15) is 4.79 Å². The SMILES string of the molecule is Cc1ccc(CN(C)C(=O)C2CC2c2ccc(C)s2)s1. The Kier molecular flexibility index (Phi) is 3.69. The van der Waals surface area contributed by atoms with Gasteiger partial charge in [-0.1, -0.05) is 0 Å². The summed E-state index contributed by atoms with van der Waals surface area (Å²) in [5.74, 6) is 0.972. The predicted octanol–water partition coefficient (Wildman–Crippen LogP) is 4.19.